The fourth-order valence-electron chi connectivity index (χ4n) is 3.72. The van der Waals surface area contributed by atoms with Gasteiger partial charge in [0.2, 0.25) is 0 Å². The third kappa shape index (κ3) is 5.67. The summed E-state index contributed by atoms with van der Waals surface area (Å²) in [5, 5.41) is 0. The molecule has 2 heteroatoms. The molecule has 1 aliphatic rings. The molecular weight excluding hydrogens is 282 g/mol. The number of piperidine rings is 1. The highest BCUT2D eigenvalue weighted by Crippen LogP contribution is 2.27. The minimum atomic E-state index is 0.227. The van der Waals surface area contributed by atoms with Crippen molar-refractivity contribution in [2.45, 2.75) is 71.8 Å². The average Bonchev–Trinajstić information content (AvgIpc) is 2.55. The molecule has 0 N–H and O–H groups in total. The Morgan fingerprint density at radius 3 is 2.57 bits per heavy atom. The van der Waals surface area contributed by atoms with Gasteiger partial charge in [-0.3, -0.25) is 4.79 Å². The van der Waals surface area contributed by atoms with Gasteiger partial charge in [0.15, 0.2) is 0 Å². The van der Waals surface area contributed by atoms with Crippen LogP contribution in [0.4, 0.5) is 0 Å². The van der Waals surface area contributed by atoms with E-state index in [2.05, 4.69) is 25.7 Å². The predicted molar refractivity (Wildman–Crippen MR) is 97.6 cm³/mol. The van der Waals surface area contributed by atoms with E-state index in [-0.39, 0.29) is 5.91 Å². The molecule has 1 aromatic rings. The monoisotopic (exact) mass is 315 g/mol. The van der Waals surface area contributed by atoms with Crippen LogP contribution in [0.2, 0.25) is 0 Å². The number of benzene rings is 1. The summed E-state index contributed by atoms with van der Waals surface area (Å²) in [6.07, 6.45) is 8.68. The van der Waals surface area contributed by atoms with E-state index < -0.39 is 0 Å². The maximum Gasteiger partial charge on any atom is 0.254 e. The molecule has 0 radical (unpaired) electrons. The molecule has 23 heavy (non-hydrogen) atoms. The van der Waals surface area contributed by atoms with Crippen LogP contribution < -0.4 is 0 Å². The van der Waals surface area contributed by atoms with E-state index in [9.17, 15) is 4.79 Å². The summed E-state index contributed by atoms with van der Waals surface area (Å²) in [7, 11) is 0. The lowest BCUT2D eigenvalue weighted by atomic mass is 9.89. The molecule has 2 rings (SSSR count). The largest absolute Gasteiger partial charge is 0.336 e. The van der Waals surface area contributed by atoms with Gasteiger partial charge in [-0.05, 0) is 49.7 Å². The fraction of sp³-hybridized carbons (Fsp3) is 0.667. The Bertz CT molecular complexity index is 468. The number of likely N-dealkylation sites (tertiary alicyclic amines) is 1. The van der Waals surface area contributed by atoms with Gasteiger partial charge in [0.1, 0.15) is 0 Å². The van der Waals surface area contributed by atoms with Crippen LogP contribution in [0.5, 0.6) is 0 Å². The third-order valence-corrected chi connectivity index (χ3v) is 5.06. The van der Waals surface area contributed by atoms with Crippen molar-refractivity contribution < 1.29 is 4.79 Å². The van der Waals surface area contributed by atoms with Crippen molar-refractivity contribution in [1.82, 2.24) is 4.90 Å². The first-order valence-corrected chi connectivity index (χ1v) is 9.44. The number of carbonyl (C=O) groups is 1. The summed E-state index contributed by atoms with van der Waals surface area (Å²) in [6, 6.07) is 10.2. The molecule has 0 spiro atoms. The molecule has 0 unspecified atom stereocenters. The average molecular weight is 316 g/mol. The van der Waals surface area contributed by atoms with E-state index in [0.717, 1.165) is 30.9 Å². The zero-order valence-electron chi connectivity index (χ0n) is 15.1. The molecule has 1 aliphatic heterocycles. The molecule has 1 heterocycles. The van der Waals surface area contributed by atoms with Crippen molar-refractivity contribution in [3.63, 3.8) is 0 Å². The first-order valence-electron chi connectivity index (χ1n) is 9.44. The quantitative estimate of drug-likeness (QED) is 0.647. The van der Waals surface area contributed by atoms with Crippen molar-refractivity contribution in [1.29, 1.82) is 0 Å². The molecule has 0 aromatic heterocycles. The highest BCUT2D eigenvalue weighted by atomic mass is 16.2. The molecule has 1 amide bonds. The second-order valence-corrected chi connectivity index (χ2v) is 7.68. The lowest BCUT2D eigenvalue weighted by molar-refractivity contribution is 0.0577. The first kappa shape index (κ1) is 18.0. The van der Waals surface area contributed by atoms with E-state index in [4.69, 9.17) is 0 Å². The van der Waals surface area contributed by atoms with Gasteiger partial charge in [0.05, 0.1) is 0 Å². The first-order chi connectivity index (χ1) is 11.1. The van der Waals surface area contributed by atoms with Gasteiger partial charge in [-0.2, -0.15) is 0 Å². The van der Waals surface area contributed by atoms with Crippen molar-refractivity contribution in [3.8, 4) is 0 Å². The van der Waals surface area contributed by atoms with Gasteiger partial charge in [-0.15, -0.1) is 0 Å². The minimum Gasteiger partial charge on any atom is -0.336 e. The van der Waals surface area contributed by atoms with Gasteiger partial charge in [-0.25, -0.2) is 0 Å². The van der Waals surface area contributed by atoms with Crippen LogP contribution in [0.3, 0.4) is 0 Å². The summed E-state index contributed by atoms with van der Waals surface area (Å²) >= 11 is 0. The Hall–Kier alpha value is -1.31. The standard InChI is InChI=1S/C21H33NO/c1-17(2)10-9-11-18(3)16-20-14-7-8-15-22(20)21(23)19-12-5-4-6-13-19/h4-6,12-13,17-18,20H,7-11,14-16H2,1-3H3/t18-,20-/m1/s1. The maximum absolute atomic E-state index is 12.8. The van der Waals surface area contributed by atoms with E-state index in [0.29, 0.717) is 12.0 Å². The maximum atomic E-state index is 12.8. The molecule has 0 bridgehead atoms. The van der Waals surface area contributed by atoms with Gasteiger partial charge in [0.25, 0.3) is 5.91 Å². The van der Waals surface area contributed by atoms with Crippen molar-refractivity contribution in [2.75, 3.05) is 6.54 Å². The molecule has 1 aromatic carbocycles. The number of hydrogen-bond acceptors (Lipinski definition) is 1. The Morgan fingerprint density at radius 1 is 1.13 bits per heavy atom. The van der Waals surface area contributed by atoms with Crippen LogP contribution in [0.15, 0.2) is 30.3 Å². The summed E-state index contributed by atoms with van der Waals surface area (Å²) in [5.41, 5.74) is 0.840. The van der Waals surface area contributed by atoms with Gasteiger partial charge >= 0.3 is 0 Å². The Morgan fingerprint density at radius 2 is 1.87 bits per heavy atom. The highest BCUT2D eigenvalue weighted by Gasteiger charge is 2.28. The molecular formula is C21H33NO. The second-order valence-electron chi connectivity index (χ2n) is 7.68. The molecule has 2 nitrogen and oxygen atoms in total. The van der Waals surface area contributed by atoms with Crippen molar-refractivity contribution >= 4 is 5.91 Å². The van der Waals surface area contributed by atoms with Crippen LogP contribution in [-0.2, 0) is 0 Å². The zero-order chi connectivity index (χ0) is 16.7. The lowest BCUT2D eigenvalue weighted by Gasteiger charge is -2.37. The van der Waals surface area contributed by atoms with Crippen LogP contribution in [0.1, 0.15) is 76.1 Å². The highest BCUT2D eigenvalue weighted by molar-refractivity contribution is 5.94. The molecule has 0 saturated carbocycles. The SMILES string of the molecule is CC(C)CCC[C@@H](C)C[C@H]1CCCCN1C(=O)c1ccccc1. The zero-order valence-corrected chi connectivity index (χ0v) is 15.1. The molecule has 1 fully saturated rings. The van der Waals surface area contributed by atoms with E-state index in [1.165, 1.54) is 32.1 Å². The number of nitrogens with zero attached hydrogens (tertiary/aromatic N) is 1. The number of carbonyl (C=O) groups excluding carboxylic acids is 1. The Balaban J connectivity index is 1.91. The second kappa shape index (κ2) is 9.10. The van der Waals surface area contributed by atoms with Crippen LogP contribution in [0.25, 0.3) is 0 Å². The van der Waals surface area contributed by atoms with E-state index in [1.807, 2.05) is 30.3 Å². The van der Waals surface area contributed by atoms with Crippen molar-refractivity contribution in [3.05, 3.63) is 35.9 Å². The Labute approximate surface area is 142 Å². The minimum absolute atomic E-state index is 0.227. The fourth-order valence-corrected chi connectivity index (χ4v) is 3.72. The summed E-state index contributed by atoms with van der Waals surface area (Å²) in [6.45, 7) is 7.88. The predicted octanol–water partition coefficient (Wildman–Crippen LogP) is 5.53. The summed E-state index contributed by atoms with van der Waals surface area (Å²) in [4.78, 5) is 15.0. The van der Waals surface area contributed by atoms with Gasteiger partial charge < -0.3 is 4.90 Å². The number of rotatable bonds is 7. The third-order valence-electron chi connectivity index (χ3n) is 5.06. The smallest absolute Gasteiger partial charge is 0.254 e. The molecule has 1 saturated heterocycles. The summed E-state index contributed by atoms with van der Waals surface area (Å²) in [5.74, 6) is 1.74. The Kier molecular flexibility index (Phi) is 7.14. The number of hydrogen-bond donors (Lipinski definition) is 0. The topological polar surface area (TPSA) is 20.3 Å². The van der Waals surface area contributed by atoms with Gasteiger partial charge in [-0.1, -0.05) is 58.2 Å². The van der Waals surface area contributed by atoms with E-state index >= 15 is 0 Å². The molecule has 128 valence electrons. The van der Waals surface area contributed by atoms with E-state index in [1.54, 1.807) is 0 Å². The number of amides is 1. The van der Waals surface area contributed by atoms with Crippen LogP contribution in [-0.4, -0.2) is 23.4 Å². The lowest BCUT2D eigenvalue weighted by Crippen LogP contribution is -2.44. The summed E-state index contributed by atoms with van der Waals surface area (Å²) < 4.78 is 0. The van der Waals surface area contributed by atoms with Gasteiger partial charge in [0, 0.05) is 18.2 Å². The van der Waals surface area contributed by atoms with Crippen LogP contribution >= 0.6 is 0 Å². The van der Waals surface area contributed by atoms with Crippen molar-refractivity contribution in [2.24, 2.45) is 11.8 Å². The molecule has 0 aliphatic carbocycles. The van der Waals surface area contributed by atoms with Crippen LogP contribution in [0, 0.1) is 11.8 Å². The molecule has 2 atom stereocenters. The normalized spacial score (nSPS) is 19.8.